The van der Waals surface area contributed by atoms with Gasteiger partial charge in [-0.25, -0.2) is 14.5 Å². The summed E-state index contributed by atoms with van der Waals surface area (Å²) in [7, 11) is 0. The van der Waals surface area contributed by atoms with Crippen LogP contribution in [0.5, 0.6) is 0 Å². The largest absolute Gasteiger partial charge is 0.447 e. The molecule has 2 saturated heterocycles. The molecule has 7 heteroatoms. The van der Waals surface area contributed by atoms with Crippen LogP contribution in [0.1, 0.15) is 24.5 Å². The highest BCUT2D eigenvalue weighted by Gasteiger charge is 2.36. The number of carbonyl (C=O) groups is 3. The Labute approximate surface area is 176 Å². The molecule has 2 aliphatic heterocycles. The molecule has 0 aromatic heterocycles. The minimum Gasteiger partial charge on any atom is -0.447 e. The van der Waals surface area contributed by atoms with E-state index in [2.05, 4.69) is 5.32 Å². The summed E-state index contributed by atoms with van der Waals surface area (Å²) in [6.45, 7) is 2.51. The van der Waals surface area contributed by atoms with Gasteiger partial charge in [-0.05, 0) is 24.0 Å². The number of benzene rings is 2. The number of imide groups is 1. The van der Waals surface area contributed by atoms with E-state index in [9.17, 15) is 14.4 Å². The van der Waals surface area contributed by atoms with Gasteiger partial charge in [0.15, 0.2) is 0 Å². The second kappa shape index (κ2) is 10.4. The molecular formula is C23H26N2O5. The molecule has 2 aliphatic rings. The van der Waals surface area contributed by atoms with E-state index < -0.39 is 6.09 Å². The van der Waals surface area contributed by atoms with Crippen LogP contribution in [-0.4, -0.2) is 48.3 Å². The van der Waals surface area contributed by atoms with E-state index in [0.29, 0.717) is 26.1 Å². The van der Waals surface area contributed by atoms with Gasteiger partial charge in [0.2, 0.25) is 5.91 Å². The molecule has 0 saturated carbocycles. The first kappa shape index (κ1) is 21.4. The fourth-order valence-corrected chi connectivity index (χ4v) is 3.41. The molecule has 30 heavy (non-hydrogen) atoms. The van der Waals surface area contributed by atoms with Gasteiger partial charge in [0.25, 0.3) is 0 Å². The van der Waals surface area contributed by atoms with E-state index in [1.54, 1.807) is 6.92 Å². The average Bonchev–Trinajstić information content (AvgIpc) is 3.34. The van der Waals surface area contributed by atoms with E-state index in [4.69, 9.17) is 9.47 Å². The van der Waals surface area contributed by atoms with Gasteiger partial charge in [0, 0.05) is 6.42 Å². The summed E-state index contributed by atoms with van der Waals surface area (Å²) in [6, 6.07) is 19.8. The van der Waals surface area contributed by atoms with Crippen molar-refractivity contribution in [3.05, 3.63) is 71.8 Å². The zero-order chi connectivity index (χ0) is 21.3. The molecule has 4 rings (SSSR count). The lowest BCUT2D eigenvalue weighted by atomic mass is 10.1. The van der Waals surface area contributed by atoms with Crippen molar-refractivity contribution >= 4 is 18.1 Å². The van der Waals surface area contributed by atoms with E-state index in [1.807, 2.05) is 60.7 Å². The fourth-order valence-electron chi connectivity index (χ4n) is 3.41. The van der Waals surface area contributed by atoms with Gasteiger partial charge in [-0.2, -0.15) is 0 Å². The number of rotatable bonds is 5. The highest BCUT2D eigenvalue weighted by atomic mass is 16.6. The normalized spacial score (nSPS) is 20.0. The molecule has 0 bridgehead atoms. The first-order valence-electron chi connectivity index (χ1n) is 10.1. The van der Waals surface area contributed by atoms with Crippen molar-refractivity contribution in [3.8, 4) is 0 Å². The second-order valence-corrected chi connectivity index (χ2v) is 7.17. The van der Waals surface area contributed by atoms with Gasteiger partial charge in [-0.15, -0.1) is 0 Å². The SMILES string of the molecule is CCC(=O)N1C(=O)OC[C@H]1Cc1ccccc1.O=C1N[C@H](Cc2ccccc2)CO1. The molecule has 158 valence electrons. The molecule has 0 unspecified atom stereocenters. The molecule has 2 atom stereocenters. The molecule has 0 spiro atoms. The minimum atomic E-state index is -0.516. The van der Waals surface area contributed by atoms with E-state index in [-0.39, 0.29) is 24.1 Å². The average molecular weight is 410 g/mol. The first-order valence-corrected chi connectivity index (χ1v) is 10.1. The van der Waals surface area contributed by atoms with Gasteiger partial charge in [-0.3, -0.25) is 4.79 Å². The molecule has 2 aromatic carbocycles. The quantitative estimate of drug-likeness (QED) is 0.817. The Bertz CT molecular complexity index is 856. The van der Waals surface area contributed by atoms with Crippen molar-refractivity contribution in [2.24, 2.45) is 0 Å². The van der Waals surface area contributed by atoms with Crippen molar-refractivity contribution in [1.82, 2.24) is 10.2 Å². The summed E-state index contributed by atoms with van der Waals surface area (Å²) in [4.78, 5) is 35.1. The molecule has 2 fully saturated rings. The zero-order valence-electron chi connectivity index (χ0n) is 17.0. The smallest absolute Gasteiger partial charge is 0.416 e. The number of cyclic esters (lactones) is 2. The number of ether oxygens (including phenoxy) is 2. The molecular weight excluding hydrogens is 384 g/mol. The number of alkyl carbamates (subject to hydrolysis) is 1. The molecule has 3 amide bonds. The van der Waals surface area contributed by atoms with Crippen molar-refractivity contribution in [2.75, 3.05) is 13.2 Å². The Balaban J connectivity index is 0.000000177. The lowest BCUT2D eigenvalue weighted by Gasteiger charge is -2.18. The van der Waals surface area contributed by atoms with Crippen LogP contribution in [0.25, 0.3) is 0 Å². The van der Waals surface area contributed by atoms with Gasteiger partial charge >= 0.3 is 12.2 Å². The number of nitrogens with one attached hydrogen (secondary N) is 1. The Morgan fingerprint density at radius 2 is 1.53 bits per heavy atom. The lowest BCUT2D eigenvalue weighted by molar-refractivity contribution is -0.128. The van der Waals surface area contributed by atoms with Gasteiger partial charge in [0.05, 0.1) is 12.1 Å². The number of hydrogen-bond acceptors (Lipinski definition) is 5. The molecule has 2 aromatic rings. The Morgan fingerprint density at radius 3 is 2.07 bits per heavy atom. The minimum absolute atomic E-state index is 0.134. The lowest BCUT2D eigenvalue weighted by Crippen LogP contribution is -2.39. The van der Waals surface area contributed by atoms with Crippen LogP contribution in [0, 0.1) is 0 Å². The Morgan fingerprint density at radius 1 is 0.933 bits per heavy atom. The maximum absolute atomic E-state index is 11.7. The summed E-state index contributed by atoms with van der Waals surface area (Å²) in [5, 5.41) is 2.74. The molecule has 1 N–H and O–H groups in total. The summed E-state index contributed by atoms with van der Waals surface area (Å²) in [5.74, 6) is -0.173. The first-order chi connectivity index (χ1) is 14.6. The van der Waals surface area contributed by atoms with Crippen molar-refractivity contribution in [1.29, 1.82) is 0 Å². The number of amides is 3. The number of carbonyl (C=O) groups excluding carboxylic acids is 3. The van der Waals surface area contributed by atoms with Gasteiger partial charge in [-0.1, -0.05) is 67.6 Å². The predicted octanol–water partition coefficient (Wildman–Crippen LogP) is 3.32. The third-order valence-electron chi connectivity index (χ3n) is 4.91. The summed E-state index contributed by atoms with van der Waals surface area (Å²) < 4.78 is 9.73. The summed E-state index contributed by atoms with van der Waals surface area (Å²) >= 11 is 0. The van der Waals surface area contributed by atoms with Crippen molar-refractivity contribution in [3.63, 3.8) is 0 Å². The maximum atomic E-state index is 11.7. The Hall–Kier alpha value is -3.35. The van der Waals surface area contributed by atoms with Crippen LogP contribution in [0.4, 0.5) is 9.59 Å². The van der Waals surface area contributed by atoms with Crippen molar-refractivity contribution in [2.45, 2.75) is 38.3 Å². The van der Waals surface area contributed by atoms with Crippen molar-refractivity contribution < 1.29 is 23.9 Å². The second-order valence-electron chi connectivity index (χ2n) is 7.17. The predicted molar refractivity (Wildman–Crippen MR) is 111 cm³/mol. The summed E-state index contributed by atoms with van der Waals surface area (Å²) in [6.07, 6.45) is 0.990. The van der Waals surface area contributed by atoms with E-state index in [1.165, 1.54) is 10.5 Å². The standard InChI is InChI=1S/C13H15NO3.C10H11NO2/c1-2-12(15)14-11(9-17-13(14)16)8-10-6-4-3-5-7-10;12-10-11-9(7-13-10)6-8-4-2-1-3-5-8/h3-7,11H,2,8-9H2,1H3;1-5,9H,6-7H2,(H,11,12)/t11-;9-/m11/s1. The topological polar surface area (TPSA) is 84.9 Å². The van der Waals surface area contributed by atoms with E-state index in [0.717, 1.165) is 12.0 Å². The maximum Gasteiger partial charge on any atom is 0.416 e. The molecule has 7 nitrogen and oxygen atoms in total. The number of nitrogens with zero attached hydrogens (tertiary/aromatic N) is 1. The fraction of sp³-hybridized carbons (Fsp3) is 0.348. The van der Waals surface area contributed by atoms with Gasteiger partial charge < -0.3 is 14.8 Å². The molecule has 0 radical (unpaired) electrons. The van der Waals surface area contributed by atoms with Crippen LogP contribution in [-0.2, 0) is 27.1 Å². The molecule has 2 heterocycles. The third-order valence-corrected chi connectivity index (χ3v) is 4.91. The third kappa shape index (κ3) is 5.83. The van der Waals surface area contributed by atoms with E-state index >= 15 is 0 Å². The monoisotopic (exact) mass is 410 g/mol. The van der Waals surface area contributed by atoms with Crippen LogP contribution in [0.3, 0.4) is 0 Å². The molecule has 0 aliphatic carbocycles. The van der Waals surface area contributed by atoms with Crippen LogP contribution < -0.4 is 5.32 Å². The van der Waals surface area contributed by atoms with Crippen LogP contribution in [0.2, 0.25) is 0 Å². The zero-order valence-corrected chi connectivity index (χ0v) is 17.0. The Kier molecular flexibility index (Phi) is 7.43. The van der Waals surface area contributed by atoms with Gasteiger partial charge in [0.1, 0.15) is 13.2 Å². The highest BCUT2D eigenvalue weighted by Crippen LogP contribution is 2.18. The van der Waals surface area contributed by atoms with Crippen LogP contribution >= 0.6 is 0 Å². The van der Waals surface area contributed by atoms with Crippen LogP contribution in [0.15, 0.2) is 60.7 Å². The highest BCUT2D eigenvalue weighted by molar-refractivity contribution is 5.93. The summed E-state index contributed by atoms with van der Waals surface area (Å²) in [5.41, 5.74) is 2.32. The number of hydrogen-bond donors (Lipinski definition) is 1.